The first-order chi connectivity index (χ1) is 17.4. The standard InChI is InChI=1S/C26H27N7OS2/c1-18-17-33(23(27)35-18)25-28-24(32-14-12-31(2)13-15-32)29-26(30-25)36-21-10-8-19(9-11-21)16-22(34)20-6-4-3-5-7-20/h3-11,17,27H,12-16H2,1-2H3. The van der Waals surface area contributed by atoms with Crippen molar-refractivity contribution in [2.75, 3.05) is 38.1 Å². The van der Waals surface area contributed by atoms with Crippen LogP contribution in [0.3, 0.4) is 0 Å². The van der Waals surface area contributed by atoms with E-state index in [9.17, 15) is 4.79 Å². The normalized spacial score (nSPS) is 14.2. The van der Waals surface area contributed by atoms with Crippen LogP contribution in [0.4, 0.5) is 5.95 Å². The lowest BCUT2D eigenvalue weighted by molar-refractivity contribution is 0.0993. The Morgan fingerprint density at radius 2 is 1.67 bits per heavy atom. The molecule has 1 aliphatic rings. The number of rotatable bonds is 7. The Hall–Kier alpha value is -3.34. The number of benzene rings is 2. The van der Waals surface area contributed by atoms with Crippen LogP contribution in [0.2, 0.25) is 0 Å². The number of hydrogen-bond donors (Lipinski definition) is 1. The van der Waals surface area contributed by atoms with Crippen LogP contribution >= 0.6 is 23.1 Å². The third-order valence-electron chi connectivity index (χ3n) is 5.97. The van der Waals surface area contributed by atoms with Gasteiger partial charge in [-0.25, -0.2) is 0 Å². The van der Waals surface area contributed by atoms with Crippen LogP contribution in [0, 0.1) is 12.3 Å². The Kier molecular flexibility index (Phi) is 7.26. The highest BCUT2D eigenvalue weighted by atomic mass is 32.2. The first kappa shape index (κ1) is 24.4. The van der Waals surface area contributed by atoms with Gasteiger partial charge in [-0.05, 0) is 43.4 Å². The van der Waals surface area contributed by atoms with Gasteiger partial charge in [-0.1, -0.05) is 42.5 Å². The van der Waals surface area contributed by atoms with Crippen LogP contribution < -0.4 is 9.70 Å². The average molecular weight is 518 g/mol. The summed E-state index contributed by atoms with van der Waals surface area (Å²) in [6, 6.07) is 17.3. The van der Waals surface area contributed by atoms with E-state index in [0.717, 1.165) is 47.1 Å². The maximum absolute atomic E-state index is 12.5. The predicted octanol–water partition coefficient (Wildman–Crippen LogP) is 3.84. The summed E-state index contributed by atoms with van der Waals surface area (Å²) >= 11 is 2.85. The van der Waals surface area contributed by atoms with E-state index in [-0.39, 0.29) is 5.78 Å². The highest BCUT2D eigenvalue weighted by Crippen LogP contribution is 2.27. The minimum Gasteiger partial charge on any atom is -0.338 e. The van der Waals surface area contributed by atoms with Crippen LogP contribution in [0.1, 0.15) is 20.8 Å². The zero-order chi connectivity index (χ0) is 25.1. The Labute approximate surface area is 218 Å². The number of likely N-dealkylation sites (N-methyl/N-ethyl adjacent to an activating group) is 1. The second-order valence-corrected chi connectivity index (χ2v) is 11.0. The van der Waals surface area contributed by atoms with Crippen molar-refractivity contribution < 1.29 is 4.79 Å². The second-order valence-electron chi connectivity index (χ2n) is 8.74. The minimum absolute atomic E-state index is 0.101. The first-order valence-corrected chi connectivity index (χ1v) is 13.4. The zero-order valence-corrected chi connectivity index (χ0v) is 21.9. The van der Waals surface area contributed by atoms with Gasteiger partial charge in [0.05, 0.1) is 0 Å². The van der Waals surface area contributed by atoms with E-state index >= 15 is 0 Å². The number of Topliss-reactive ketones (excluding diaryl/α,β-unsaturated/α-hetero) is 1. The van der Waals surface area contributed by atoms with Crippen molar-refractivity contribution in [1.82, 2.24) is 24.4 Å². The summed E-state index contributed by atoms with van der Waals surface area (Å²) in [5, 5.41) is 8.91. The molecule has 184 valence electrons. The summed E-state index contributed by atoms with van der Waals surface area (Å²) in [6.07, 6.45) is 2.25. The molecule has 8 nitrogen and oxygen atoms in total. The molecule has 0 aliphatic carbocycles. The number of piperazine rings is 1. The maximum Gasteiger partial charge on any atom is 0.241 e. The molecule has 0 saturated carbocycles. The van der Waals surface area contributed by atoms with Gasteiger partial charge in [-0.15, -0.1) is 11.3 Å². The van der Waals surface area contributed by atoms with E-state index in [1.165, 1.54) is 23.1 Å². The molecule has 1 saturated heterocycles. The van der Waals surface area contributed by atoms with Gasteiger partial charge >= 0.3 is 0 Å². The highest BCUT2D eigenvalue weighted by molar-refractivity contribution is 7.99. The Bertz CT molecular complexity index is 1410. The average Bonchev–Trinajstić information content (AvgIpc) is 3.23. The zero-order valence-electron chi connectivity index (χ0n) is 20.2. The van der Waals surface area contributed by atoms with Crippen molar-refractivity contribution in [3.05, 3.63) is 81.6 Å². The summed E-state index contributed by atoms with van der Waals surface area (Å²) < 4.78 is 1.71. The maximum atomic E-state index is 12.5. The van der Waals surface area contributed by atoms with Crippen LogP contribution in [0.5, 0.6) is 0 Å². The van der Waals surface area contributed by atoms with Crippen LogP contribution in [0.15, 0.2) is 70.8 Å². The number of carbonyl (C=O) groups is 1. The van der Waals surface area contributed by atoms with Gasteiger partial charge in [0.1, 0.15) is 0 Å². The Morgan fingerprint density at radius 1 is 0.972 bits per heavy atom. The van der Waals surface area contributed by atoms with E-state index in [1.54, 1.807) is 4.57 Å². The number of nitrogens with zero attached hydrogens (tertiary/aromatic N) is 6. The van der Waals surface area contributed by atoms with Crippen molar-refractivity contribution in [2.45, 2.75) is 23.4 Å². The molecule has 0 bridgehead atoms. The predicted molar refractivity (Wildman–Crippen MR) is 142 cm³/mol. The molecule has 36 heavy (non-hydrogen) atoms. The largest absolute Gasteiger partial charge is 0.338 e. The summed E-state index contributed by atoms with van der Waals surface area (Å²) in [4.78, 5) is 33.6. The van der Waals surface area contributed by atoms with Gasteiger partial charge in [-0.2, -0.15) is 15.0 Å². The van der Waals surface area contributed by atoms with Crippen LogP contribution in [-0.2, 0) is 6.42 Å². The molecule has 1 aliphatic heterocycles. The third kappa shape index (κ3) is 5.72. The van der Waals surface area contributed by atoms with E-state index in [1.807, 2.05) is 67.7 Å². The fourth-order valence-electron chi connectivity index (χ4n) is 3.95. The van der Waals surface area contributed by atoms with Crippen molar-refractivity contribution in [1.29, 1.82) is 5.41 Å². The molecule has 2 aromatic carbocycles. The van der Waals surface area contributed by atoms with Crippen molar-refractivity contribution >= 4 is 34.8 Å². The third-order valence-corrected chi connectivity index (χ3v) is 7.66. The van der Waals surface area contributed by atoms with E-state index < -0.39 is 0 Å². The lowest BCUT2D eigenvalue weighted by Crippen LogP contribution is -2.45. The molecular weight excluding hydrogens is 490 g/mol. The molecule has 0 unspecified atom stereocenters. The number of thiazole rings is 1. The Balaban J connectivity index is 1.38. The van der Waals surface area contributed by atoms with Crippen molar-refractivity contribution in [3.63, 3.8) is 0 Å². The molecule has 1 N–H and O–H groups in total. The molecular formula is C26H27N7OS2. The van der Waals surface area contributed by atoms with Crippen molar-refractivity contribution in [2.24, 2.45) is 0 Å². The molecule has 10 heteroatoms. The van der Waals surface area contributed by atoms with Gasteiger partial charge < -0.3 is 9.80 Å². The van der Waals surface area contributed by atoms with Gasteiger partial charge in [0, 0.05) is 54.1 Å². The topological polar surface area (TPSA) is 91.0 Å². The molecule has 0 atom stereocenters. The quantitative estimate of drug-likeness (QED) is 0.373. The summed E-state index contributed by atoms with van der Waals surface area (Å²) in [7, 11) is 2.12. The molecule has 0 spiro atoms. The monoisotopic (exact) mass is 517 g/mol. The van der Waals surface area contributed by atoms with Gasteiger partial charge in [0.2, 0.25) is 11.9 Å². The SMILES string of the molecule is Cc1cn(-c2nc(Sc3ccc(CC(=O)c4ccccc4)cc3)nc(N3CCN(C)CC3)n2)c(=N)s1. The molecule has 0 radical (unpaired) electrons. The fourth-order valence-corrected chi connectivity index (χ4v) is 5.38. The molecule has 5 rings (SSSR count). The van der Waals surface area contributed by atoms with E-state index in [2.05, 4.69) is 16.8 Å². The number of ketones is 1. The molecule has 4 aromatic rings. The number of hydrogen-bond acceptors (Lipinski definition) is 9. The summed E-state index contributed by atoms with van der Waals surface area (Å²) in [5.74, 6) is 1.20. The number of aromatic nitrogens is 4. The molecule has 0 amide bonds. The molecule has 3 heterocycles. The van der Waals surface area contributed by atoms with Gasteiger partial charge in [-0.3, -0.25) is 14.8 Å². The number of carbonyl (C=O) groups excluding carboxylic acids is 1. The summed E-state index contributed by atoms with van der Waals surface area (Å²) in [5.41, 5.74) is 1.69. The number of anilines is 1. The smallest absolute Gasteiger partial charge is 0.241 e. The first-order valence-electron chi connectivity index (χ1n) is 11.7. The number of aryl methyl sites for hydroxylation is 1. The lowest BCUT2D eigenvalue weighted by Gasteiger charge is -2.32. The second kappa shape index (κ2) is 10.7. The molecule has 2 aromatic heterocycles. The lowest BCUT2D eigenvalue weighted by atomic mass is 10.0. The fraction of sp³-hybridized carbons (Fsp3) is 0.269. The van der Waals surface area contributed by atoms with Gasteiger partial charge in [0.25, 0.3) is 0 Å². The summed E-state index contributed by atoms with van der Waals surface area (Å²) in [6.45, 7) is 5.55. The van der Waals surface area contributed by atoms with Crippen molar-refractivity contribution in [3.8, 4) is 5.95 Å². The Morgan fingerprint density at radius 3 is 2.33 bits per heavy atom. The van der Waals surface area contributed by atoms with Crippen LogP contribution in [0.25, 0.3) is 5.95 Å². The van der Waals surface area contributed by atoms with E-state index in [0.29, 0.717) is 28.3 Å². The minimum atomic E-state index is 0.101. The van der Waals surface area contributed by atoms with Crippen LogP contribution in [-0.4, -0.2) is 63.4 Å². The van der Waals surface area contributed by atoms with Gasteiger partial charge in [0.15, 0.2) is 15.7 Å². The number of nitrogens with one attached hydrogen (secondary N) is 1. The highest BCUT2D eigenvalue weighted by Gasteiger charge is 2.20. The molecule has 1 fully saturated rings. The van der Waals surface area contributed by atoms with E-state index in [4.69, 9.17) is 20.4 Å².